The highest BCUT2D eigenvalue weighted by Gasteiger charge is 2.45. The third-order valence-corrected chi connectivity index (χ3v) is 5.28. The van der Waals surface area contributed by atoms with E-state index in [0.717, 1.165) is 31.2 Å². The monoisotopic (exact) mass is 397 g/mol. The van der Waals surface area contributed by atoms with Gasteiger partial charge in [0, 0.05) is 17.1 Å². The van der Waals surface area contributed by atoms with E-state index < -0.39 is 17.7 Å². The lowest BCUT2D eigenvalue weighted by atomic mass is 9.95. The summed E-state index contributed by atoms with van der Waals surface area (Å²) in [4.78, 5) is 27.2. The number of hydrogen-bond acceptors (Lipinski definition) is 3. The minimum Gasteiger partial charge on any atom is -0.507 e. The van der Waals surface area contributed by atoms with Crippen LogP contribution in [0.25, 0.3) is 5.76 Å². The van der Waals surface area contributed by atoms with Crippen LogP contribution in [0.1, 0.15) is 49.8 Å². The number of carbonyl (C=O) groups excluding carboxylic acids is 2. The van der Waals surface area contributed by atoms with Crippen molar-refractivity contribution in [2.45, 2.75) is 38.6 Å². The molecule has 28 heavy (non-hydrogen) atoms. The Bertz CT molecular complexity index is 874. The number of benzene rings is 2. The predicted molar refractivity (Wildman–Crippen MR) is 111 cm³/mol. The van der Waals surface area contributed by atoms with Crippen molar-refractivity contribution in [3.05, 3.63) is 76.3 Å². The number of aliphatic hydroxyl groups excluding tert-OH is 1. The smallest absolute Gasteiger partial charge is 0.295 e. The van der Waals surface area contributed by atoms with Gasteiger partial charge in [0.25, 0.3) is 11.7 Å². The number of amides is 1. The highest BCUT2D eigenvalue weighted by Crippen LogP contribution is 2.39. The van der Waals surface area contributed by atoms with Gasteiger partial charge in [-0.2, -0.15) is 0 Å². The quantitative estimate of drug-likeness (QED) is 0.297. The van der Waals surface area contributed by atoms with E-state index in [4.69, 9.17) is 11.6 Å². The molecule has 1 fully saturated rings. The Labute approximate surface area is 170 Å². The number of rotatable bonds is 7. The Kier molecular flexibility index (Phi) is 6.53. The number of nitrogens with zero attached hydrogens (tertiary/aromatic N) is 1. The number of unbranched alkanes of at least 4 members (excludes halogenated alkanes) is 3. The summed E-state index contributed by atoms with van der Waals surface area (Å²) in [6.45, 7) is 2.60. The van der Waals surface area contributed by atoms with E-state index in [2.05, 4.69) is 6.92 Å². The van der Waals surface area contributed by atoms with Crippen molar-refractivity contribution in [3.63, 3.8) is 0 Å². The second-order valence-corrected chi connectivity index (χ2v) is 7.41. The second-order valence-electron chi connectivity index (χ2n) is 6.97. The Morgan fingerprint density at radius 3 is 2.32 bits per heavy atom. The lowest BCUT2D eigenvalue weighted by Gasteiger charge is -2.25. The molecule has 1 aliphatic heterocycles. The molecule has 1 atom stereocenters. The molecule has 0 bridgehead atoms. The average Bonchev–Trinajstić information content (AvgIpc) is 2.97. The first-order chi connectivity index (χ1) is 13.5. The predicted octanol–water partition coefficient (Wildman–Crippen LogP) is 5.34. The molecule has 0 spiro atoms. The third kappa shape index (κ3) is 4.12. The van der Waals surface area contributed by atoms with Crippen LogP contribution in [0.15, 0.2) is 60.2 Å². The average molecular weight is 398 g/mol. The molecule has 0 aromatic heterocycles. The first-order valence-corrected chi connectivity index (χ1v) is 10.0. The molecule has 4 nitrogen and oxygen atoms in total. The van der Waals surface area contributed by atoms with Crippen molar-refractivity contribution < 1.29 is 14.7 Å². The molecule has 0 saturated carbocycles. The van der Waals surface area contributed by atoms with Gasteiger partial charge in [0.1, 0.15) is 5.76 Å². The molecule has 3 rings (SSSR count). The molecule has 1 heterocycles. The molecular formula is C23H24ClNO3. The summed E-state index contributed by atoms with van der Waals surface area (Å²) in [6.07, 6.45) is 3.98. The molecule has 5 heteroatoms. The summed E-state index contributed by atoms with van der Waals surface area (Å²) < 4.78 is 0. The molecule has 0 aliphatic carbocycles. The minimum atomic E-state index is -0.642. The van der Waals surface area contributed by atoms with Gasteiger partial charge < -0.3 is 10.0 Å². The number of Topliss-reactive ketones (excluding diaryl/α,β-unsaturated/α-hetero) is 1. The molecule has 0 unspecified atom stereocenters. The van der Waals surface area contributed by atoms with Crippen LogP contribution in [0, 0.1) is 0 Å². The number of halogens is 1. The summed E-state index contributed by atoms with van der Waals surface area (Å²) in [5.74, 6) is -1.35. The van der Waals surface area contributed by atoms with Gasteiger partial charge in [0.05, 0.1) is 11.6 Å². The number of hydrogen-bond donors (Lipinski definition) is 1. The van der Waals surface area contributed by atoms with E-state index in [1.54, 1.807) is 53.4 Å². The summed E-state index contributed by atoms with van der Waals surface area (Å²) in [7, 11) is 0. The Morgan fingerprint density at radius 1 is 1.00 bits per heavy atom. The maximum Gasteiger partial charge on any atom is 0.295 e. The molecule has 2 aromatic carbocycles. The standard InChI is InChI=1S/C23H24ClNO3/c1-2-3-4-8-15-25-20(16-11-13-18(24)14-12-16)19(22(27)23(25)28)21(26)17-9-6-5-7-10-17/h5-7,9-14,20,26H,2-4,8,15H2,1H3/t20-/m0/s1. The van der Waals surface area contributed by atoms with E-state index in [-0.39, 0.29) is 11.3 Å². The van der Waals surface area contributed by atoms with Crippen LogP contribution < -0.4 is 0 Å². The van der Waals surface area contributed by atoms with E-state index in [9.17, 15) is 14.7 Å². The van der Waals surface area contributed by atoms with Crippen molar-refractivity contribution in [1.82, 2.24) is 4.90 Å². The normalized spacial score (nSPS) is 18.6. The van der Waals surface area contributed by atoms with Crippen molar-refractivity contribution in [1.29, 1.82) is 0 Å². The number of ketones is 1. The van der Waals surface area contributed by atoms with Crippen LogP contribution in [0.5, 0.6) is 0 Å². The molecular weight excluding hydrogens is 374 g/mol. The van der Waals surface area contributed by atoms with Gasteiger partial charge in [-0.05, 0) is 24.1 Å². The fourth-order valence-electron chi connectivity index (χ4n) is 3.56. The second kappa shape index (κ2) is 9.07. The van der Waals surface area contributed by atoms with Gasteiger partial charge in [-0.3, -0.25) is 9.59 Å². The minimum absolute atomic E-state index is 0.133. The van der Waals surface area contributed by atoms with Gasteiger partial charge in [0.2, 0.25) is 0 Å². The Hall–Kier alpha value is -2.59. The van der Waals surface area contributed by atoms with E-state index in [0.29, 0.717) is 17.1 Å². The summed E-state index contributed by atoms with van der Waals surface area (Å²) >= 11 is 6.02. The van der Waals surface area contributed by atoms with Crippen molar-refractivity contribution in [2.75, 3.05) is 6.54 Å². The van der Waals surface area contributed by atoms with Crippen molar-refractivity contribution in [2.24, 2.45) is 0 Å². The fraction of sp³-hybridized carbons (Fsp3) is 0.304. The lowest BCUT2D eigenvalue weighted by Crippen LogP contribution is -2.30. The van der Waals surface area contributed by atoms with Gasteiger partial charge in [-0.1, -0.05) is 80.3 Å². The largest absolute Gasteiger partial charge is 0.507 e. The van der Waals surface area contributed by atoms with Crippen LogP contribution in [-0.2, 0) is 9.59 Å². The van der Waals surface area contributed by atoms with Crippen LogP contribution in [0.4, 0.5) is 0 Å². The maximum absolute atomic E-state index is 12.8. The zero-order valence-corrected chi connectivity index (χ0v) is 16.7. The molecule has 1 amide bonds. The summed E-state index contributed by atoms with van der Waals surface area (Å²) in [5.41, 5.74) is 1.41. The highest BCUT2D eigenvalue weighted by molar-refractivity contribution is 6.46. The van der Waals surface area contributed by atoms with Crippen LogP contribution >= 0.6 is 11.6 Å². The van der Waals surface area contributed by atoms with E-state index in [1.165, 1.54) is 0 Å². The zero-order valence-electron chi connectivity index (χ0n) is 15.9. The molecule has 1 saturated heterocycles. The van der Waals surface area contributed by atoms with Gasteiger partial charge in [-0.15, -0.1) is 0 Å². The molecule has 146 valence electrons. The molecule has 1 aliphatic rings. The lowest BCUT2D eigenvalue weighted by molar-refractivity contribution is -0.139. The first-order valence-electron chi connectivity index (χ1n) is 9.64. The van der Waals surface area contributed by atoms with Crippen molar-refractivity contribution >= 4 is 29.1 Å². The van der Waals surface area contributed by atoms with Gasteiger partial charge in [0.15, 0.2) is 0 Å². The third-order valence-electron chi connectivity index (χ3n) is 5.03. The molecule has 0 radical (unpaired) electrons. The fourth-order valence-corrected chi connectivity index (χ4v) is 3.69. The number of aliphatic hydroxyl groups is 1. The summed E-state index contributed by atoms with van der Waals surface area (Å²) in [6, 6.07) is 15.3. The Balaban J connectivity index is 2.04. The number of likely N-dealkylation sites (tertiary alicyclic amines) is 1. The van der Waals surface area contributed by atoms with E-state index in [1.807, 2.05) is 6.07 Å². The first kappa shape index (κ1) is 20.2. The van der Waals surface area contributed by atoms with E-state index >= 15 is 0 Å². The van der Waals surface area contributed by atoms with Gasteiger partial charge in [-0.25, -0.2) is 0 Å². The summed E-state index contributed by atoms with van der Waals surface area (Å²) in [5, 5.41) is 11.5. The highest BCUT2D eigenvalue weighted by atomic mass is 35.5. The van der Waals surface area contributed by atoms with Crippen LogP contribution in [0.2, 0.25) is 5.02 Å². The maximum atomic E-state index is 12.8. The van der Waals surface area contributed by atoms with Gasteiger partial charge >= 0.3 is 0 Å². The SMILES string of the molecule is CCCCCCN1C(=O)C(=O)C(=C(O)c2ccccc2)[C@@H]1c1ccc(Cl)cc1. The molecule has 2 aromatic rings. The van der Waals surface area contributed by atoms with Crippen LogP contribution in [-0.4, -0.2) is 28.2 Å². The van der Waals surface area contributed by atoms with Crippen LogP contribution in [0.3, 0.4) is 0 Å². The Morgan fingerprint density at radius 2 is 1.68 bits per heavy atom. The topological polar surface area (TPSA) is 57.6 Å². The zero-order chi connectivity index (χ0) is 20.1. The molecule has 1 N–H and O–H groups in total. The van der Waals surface area contributed by atoms with Crippen molar-refractivity contribution in [3.8, 4) is 0 Å². The number of carbonyl (C=O) groups is 2.